The highest BCUT2D eigenvalue weighted by molar-refractivity contribution is 5.91. The molecule has 3 N–H and O–H groups in total. The van der Waals surface area contributed by atoms with Gasteiger partial charge in [0.1, 0.15) is 0 Å². The Hall–Kier alpha value is -1.52. The predicted octanol–water partition coefficient (Wildman–Crippen LogP) is 0.164. The first-order valence-corrected chi connectivity index (χ1v) is 3.90. The summed E-state index contributed by atoms with van der Waals surface area (Å²) in [5, 5.41) is 2.59. The van der Waals surface area contributed by atoms with Gasteiger partial charge in [-0.15, -0.1) is 0 Å². The van der Waals surface area contributed by atoms with E-state index < -0.39 is 6.09 Å². The molecule has 0 heterocycles. The van der Waals surface area contributed by atoms with E-state index in [1.54, 1.807) is 6.92 Å². The normalized spacial score (nSPS) is 9.00. The first-order chi connectivity index (χ1) is 6.04. The maximum Gasteiger partial charge on any atom is 0.404 e. The largest absolute Gasteiger partial charge is 0.450 e. The van der Waals surface area contributed by atoms with E-state index in [0.29, 0.717) is 18.5 Å². The topological polar surface area (TPSA) is 81.4 Å². The maximum atomic E-state index is 10.9. The molecule has 0 aromatic carbocycles. The summed E-state index contributed by atoms with van der Waals surface area (Å²) in [6, 6.07) is 0. The van der Waals surface area contributed by atoms with E-state index in [0.717, 1.165) is 0 Å². The number of nitrogens with two attached hydrogens (primary N) is 1. The molecular weight excluding hydrogens is 172 g/mol. The van der Waals surface area contributed by atoms with Crippen molar-refractivity contribution in [2.75, 3.05) is 13.2 Å². The lowest BCUT2D eigenvalue weighted by Crippen LogP contribution is -2.26. The van der Waals surface area contributed by atoms with Gasteiger partial charge in [0.05, 0.1) is 6.61 Å². The SMILES string of the molecule is C=C(C)C(=O)NCCCOC(N)=O. The van der Waals surface area contributed by atoms with Crippen molar-refractivity contribution in [3.05, 3.63) is 12.2 Å². The summed E-state index contributed by atoms with van der Waals surface area (Å²) in [5.41, 5.74) is 5.17. The van der Waals surface area contributed by atoms with Gasteiger partial charge >= 0.3 is 6.09 Å². The second-order valence-electron chi connectivity index (χ2n) is 2.56. The third kappa shape index (κ3) is 6.86. The van der Waals surface area contributed by atoms with Gasteiger partial charge in [-0.1, -0.05) is 6.58 Å². The van der Waals surface area contributed by atoms with Gasteiger partial charge in [0.2, 0.25) is 5.91 Å². The lowest BCUT2D eigenvalue weighted by atomic mass is 10.3. The fourth-order valence-corrected chi connectivity index (χ4v) is 0.598. The molecule has 0 rings (SSSR count). The van der Waals surface area contributed by atoms with Crippen LogP contribution in [-0.4, -0.2) is 25.2 Å². The van der Waals surface area contributed by atoms with Gasteiger partial charge in [0.15, 0.2) is 0 Å². The molecule has 13 heavy (non-hydrogen) atoms. The second kappa shape index (κ2) is 6.05. The smallest absolute Gasteiger partial charge is 0.404 e. The molecule has 0 fully saturated rings. The molecule has 0 unspecified atom stereocenters. The summed E-state index contributed by atoms with van der Waals surface area (Å²) in [4.78, 5) is 21.0. The second-order valence-corrected chi connectivity index (χ2v) is 2.56. The molecule has 0 aliphatic heterocycles. The van der Waals surface area contributed by atoms with Gasteiger partial charge in [-0.25, -0.2) is 4.79 Å². The zero-order valence-corrected chi connectivity index (χ0v) is 7.63. The van der Waals surface area contributed by atoms with E-state index in [4.69, 9.17) is 5.73 Å². The van der Waals surface area contributed by atoms with Crippen LogP contribution < -0.4 is 11.1 Å². The molecule has 5 heteroatoms. The van der Waals surface area contributed by atoms with Crippen molar-refractivity contribution < 1.29 is 14.3 Å². The molecule has 0 aliphatic carbocycles. The molecule has 5 nitrogen and oxygen atoms in total. The van der Waals surface area contributed by atoms with Gasteiger partial charge in [0.25, 0.3) is 0 Å². The van der Waals surface area contributed by atoms with Crippen molar-refractivity contribution in [3.8, 4) is 0 Å². The molecular formula is C8H14N2O3. The van der Waals surface area contributed by atoms with Crippen LogP contribution in [0.25, 0.3) is 0 Å². The van der Waals surface area contributed by atoms with E-state index in [2.05, 4.69) is 16.6 Å². The van der Waals surface area contributed by atoms with E-state index >= 15 is 0 Å². The van der Waals surface area contributed by atoms with E-state index in [1.165, 1.54) is 0 Å². The van der Waals surface area contributed by atoms with E-state index in [-0.39, 0.29) is 12.5 Å². The number of hydrogen-bond donors (Lipinski definition) is 2. The number of amides is 2. The van der Waals surface area contributed by atoms with Crippen LogP contribution in [0.2, 0.25) is 0 Å². The summed E-state index contributed by atoms with van der Waals surface area (Å²) in [7, 11) is 0. The molecule has 0 aliphatic rings. The summed E-state index contributed by atoms with van der Waals surface area (Å²) < 4.78 is 4.45. The monoisotopic (exact) mass is 186 g/mol. The minimum Gasteiger partial charge on any atom is -0.450 e. The highest BCUT2D eigenvalue weighted by Gasteiger charge is 1.99. The van der Waals surface area contributed by atoms with Crippen LogP contribution >= 0.6 is 0 Å². The number of rotatable bonds is 5. The Morgan fingerprint density at radius 1 is 1.54 bits per heavy atom. The minimum atomic E-state index is -0.800. The highest BCUT2D eigenvalue weighted by atomic mass is 16.5. The van der Waals surface area contributed by atoms with E-state index in [1.807, 2.05) is 0 Å². The first kappa shape index (κ1) is 11.5. The minimum absolute atomic E-state index is 0.195. The molecule has 74 valence electrons. The van der Waals surface area contributed by atoms with Gasteiger partial charge in [-0.2, -0.15) is 0 Å². The molecule has 2 amide bonds. The maximum absolute atomic E-state index is 10.9. The Balaban J connectivity index is 3.31. The molecule has 0 spiro atoms. The molecule has 0 bridgehead atoms. The molecule has 0 saturated heterocycles. The Labute approximate surface area is 76.9 Å². The third-order valence-electron chi connectivity index (χ3n) is 1.24. The summed E-state index contributed by atoms with van der Waals surface area (Å²) in [6.45, 7) is 5.74. The molecule has 0 saturated carbocycles. The number of ether oxygens (including phenoxy) is 1. The molecule has 0 radical (unpaired) electrons. The van der Waals surface area contributed by atoms with Crippen molar-refractivity contribution in [2.45, 2.75) is 13.3 Å². The van der Waals surface area contributed by atoms with Crippen molar-refractivity contribution in [1.29, 1.82) is 0 Å². The number of carbonyl (C=O) groups excluding carboxylic acids is 2. The van der Waals surface area contributed by atoms with Crippen LogP contribution in [0.4, 0.5) is 4.79 Å². The van der Waals surface area contributed by atoms with Crippen LogP contribution in [0.3, 0.4) is 0 Å². The number of hydrogen-bond acceptors (Lipinski definition) is 3. The van der Waals surface area contributed by atoms with Crippen LogP contribution in [0.5, 0.6) is 0 Å². The first-order valence-electron chi connectivity index (χ1n) is 3.90. The lowest BCUT2D eigenvalue weighted by Gasteiger charge is -2.04. The van der Waals surface area contributed by atoms with Crippen molar-refractivity contribution in [3.63, 3.8) is 0 Å². The van der Waals surface area contributed by atoms with Gasteiger partial charge < -0.3 is 15.8 Å². The molecule has 0 aromatic heterocycles. The van der Waals surface area contributed by atoms with Gasteiger partial charge in [-0.05, 0) is 13.3 Å². The average molecular weight is 186 g/mol. The quantitative estimate of drug-likeness (QED) is 0.474. The Kier molecular flexibility index (Phi) is 5.34. The van der Waals surface area contributed by atoms with Gasteiger partial charge in [-0.3, -0.25) is 4.79 Å². The average Bonchev–Trinajstić information content (AvgIpc) is 2.02. The molecule has 0 aromatic rings. The fraction of sp³-hybridized carbons (Fsp3) is 0.500. The lowest BCUT2D eigenvalue weighted by molar-refractivity contribution is -0.117. The van der Waals surface area contributed by atoms with Gasteiger partial charge in [0, 0.05) is 12.1 Å². The summed E-state index contributed by atoms with van der Waals surface area (Å²) in [5.74, 6) is -0.195. The number of primary amides is 1. The third-order valence-corrected chi connectivity index (χ3v) is 1.24. The van der Waals surface area contributed by atoms with Crippen molar-refractivity contribution in [2.24, 2.45) is 5.73 Å². The summed E-state index contributed by atoms with van der Waals surface area (Å²) >= 11 is 0. The van der Waals surface area contributed by atoms with Crippen molar-refractivity contribution in [1.82, 2.24) is 5.32 Å². The predicted molar refractivity (Wildman–Crippen MR) is 48.0 cm³/mol. The Bertz CT molecular complexity index is 213. The van der Waals surface area contributed by atoms with Crippen LogP contribution in [0.1, 0.15) is 13.3 Å². The molecule has 0 atom stereocenters. The van der Waals surface area contributed by atoms with Crippen LogP contribution in [0.15, 0.2) is 12.2 Å². The standard InChI is InChI=1S/C8H14N2O3/c1-6(2)7(11)10-4-3-5-13-8(9)12/h1,3-5H2,2H3,(H2,9,12)(H,10,11). The van der Waals surface area contributed by atoms with E-state index in [9.17, 15) is 9.59 Å². The zero-order valence-electron chi connectivity index (χ0n) is 7.63. The Morgan fingerprint density at radius 3 is 2.62 bits per heavy atom. The number of carbonyl (C=O) groups is 2. The Morgan fingerprint density at radius 2 is 2.15 bits per heavy atom. The fourth-order valence-electron chi connectivity index (χ4n) is 0.598. The highest BCUT2D eigenvalue weighted by Crippen LogP contribution is 1.86. The zero-order chi connectivity index (χ0) is 10.3. The van der Waals surface area contributed by atoms with Crippen LogP contribution in [0, 0.1) is 0 Å². The van der Waals surface area contributed by atoms with Crippen molar-refractivity contribution >= 4 is 12.0 Å². The number of nitrogens with one attached hydrogen (secondary N) is 1. The summed E-state index contributed by atoms with van der Waals surface area (Å²) in [6.07, 6.45) is -0.256. The van der Waals surface area contributed by atoms with Crippen LogP contribution in [-0.2, 0) is 9.53 Å².